The molecule has 3 heteroatoms. The third kappa shape index (κ3) is 4.44. The molecule has 1 aliphatic carbocycles. The van der Waals surface area contributed by atoms with E-state index in [1.807, 2.05) is 0 Å². The average Bonchev–Trinajstić information content (AvgIpc) is 2.35. The number of likely N-dealkylation sites (N-methyl/N-ethyl adjacent to an activating group) is 1. The second-order valence-corrected chi connectivity index (χ2v) is 7.09. The summed E-state index contributed by atoms with van der Waals surface area (Å²) in [6.07, 6.45) is 6.79. The lowest BCUT2D eigenvalue weighted by Gasteiger charge is -2.40. The van der Waals surface area contributed by atoms with Crippen molar-refractivity contribution in [2.75, 3.05) is 26.7 Å². The summed E-state index contributed by atoms with van der Waals surface area (Å²) in [5.41, 5.74) is 6.38. The molecule has 3 nitrogen and oxygen atoms in total. The molecule has 2 N–H and O–H groups in total. The first kappa shape index (κ1) is 15.3. The van der Waals surface area contributed by atoms with Gasteiger partial charge in [0.05, 0.1) is 6.10 Å². The molecule has 0 spiro atoms. The summed E-state index contributed by atoms with van der Waals surface area (Å²) in [6, 6.07) is 0.383. The Hall–Kier alpha value is -0.120. The molecule has 1 saturated heterocycles. The first-order valence-corrected chi connectivity index (χ1v) is 8.12. The molecule has 19 heavy (non-hydrogen) atoms. The molecule has 2 fully saturated rings. The van der Waals surface area contributed by atoms with Crippen molar-refractivity contribution < 1.29 is 4.74 Å². The Morgan fingerprint density at radius 1 is 1.16 bits per heavy atom. The molecule has 5 atom stereocenters. The lowest BCUT2D eigenvalue weighted by Crippen LogP contribution is -2.47. The topological polar surface area (TPSA) is 38.5 Å². The van der Waals surface area contributed by atoms with Gasteiger partial charge in [-0.05, 0) is 56.9 Å². The average molecular weight is 268 g/mol. The Morgan fingerprint density at radius 2 is 1.95 bits per heavy atom. The van der Waals surface area contributed by atoms with Crippen molar-refractivity contribution in [3.63, 3.8) is 0 Å². The predicted molar refractivity (Wildman–Crippen MR) is 80.1 cm³/mol. The number of rotatable bonds is 4. The Balaban J connectivity index is 1.78. The molecule has 0 aromatic heterocycles. The van der Waals surface area contributed by atoms with E-state index in [1.54, 1.807) is 0 Å². The monoisotopic (exact) mass is 268 g/mol. The first-order valence-electron chi connectivity index (χ1n) is 8.12. The second-order valence-electron chi connectivity index (χ2n) is 7.09. The smallest absolute Gasteiger partial charge is 0.0701 e. The maximum atomic E-state index is 6.38. The van der Waals surface area contributed by atoms with Crippen LogP contribution in [0.15, 0.2) is 0 Å². The fraction of sp³-hybridized carbons (Fsp3) is 1.00. The van der Waals surface area contributed by atoms with Crippen LogP contribution >= 0.6 is 0 Å². The van der Waals surface area contributed by atoms with E-state index in [2.05, 4.69) is 25.8 Å². The van der Waals surface area contributed by atoms with Gasteiger partial charge in [-0.1, -0.05) is 13.8 Å². The minimum atomic E-state index is 0.383. The number of ether oxygens (including phenoxy) is 1. The van der Waals surface area contributed by atoms with Gasteiger partial charge >= 0.3 is 0 Å². The van der Waals surface area contributed by atoms with Gasteiger partial charge in [-0.25, -0.2) is 0 Å². The van der Waals surface area contributed by atoms with Gasteiger partial charge in [-0.15, -0.1) is 0 Å². The molecular formula is C16H32N2O. The minimum absolute atomic E-state index is 0.383. The van der Waals surface area contributed by atoms with E-state index in [9.17, 15) is 0 Å². The SMILES string of the molecule is CC1CC(C)C(CN(C)CC2CCCCO2)C(N)C1. The third-order valence-electron chi connectivity index (χ3n) is 5.04. The maximum absolute atomic E-state index is 6.38. The zero-order chi connectivity index (χ0) is 13.8. The van der Waals surface area contributed by atoms with Crippen molar-refractivity contribution in [2.24, 2.45) is 23.5 Å². The van der Waals surface area contributed by atoms with E-state index in [0.29, 0.717) is 18.1 Å². The van der Waals surface area contributed by atoms with E-state index in [4.69, 9.17) is 10.5 Å². The normalized spacial score (nSPS) is 40.6. The van der Waals surface area contributed by atoms with Gasteiger partial charge in [0.2, 0.25) is 0 Å². The Morgan fingerprint density at radius 3 is 2.58 bits per heavy atom. The van der Waals surface area contributed by atoms with Crippen LogP contribution in [0.2, 0.25) is 0 Å². The third-order valence-corrected chi connectivity index (χ3v) is 5.04. The lowest BCUT2D eigenvalue weighted by molar-refractivity contribution is -0.00721. The summed E-state index contributed by atoms with van der Waals surface area (Å²) in [7, 11) is 2.23. The van der Waals surface area contributed by atoms with Crippen LogP contribution in [-0.4, -0.2) is 43.8 Å². The molecule has 0 aromatic carbocycles. The molecule has 2 rings (SSSR count). The second kappa shape index (κ2) is 7.05. The predicted octanol–water partition coefficient (Wildman–Crippen LogP) is 2.50. The molecule has 1 saturated carbocycles. The summed E-state index contributed by atoms with van der Waals surface area (Å²) < 4.78 is 5.84. The van der Waals surface area contributed by atoms with Crippen LogP contribution < -0.4 is 5.73 Å². The molecule has 0 amide bonds. The molecule has 2 aliphatic rings. The maximum Gasteiger partial charge on any atom is 0.0701 e. The zero-order valence-corrected chi connectivity index (χ0v) is 13.0. The van der Waals surface area contributed by atoms with Crippen molar-refractivity contribution in [3.8, 4) is 0 Å². The van der Waals surface area contributed by atoms with E-state index in [1.165, 1.54) is 32.1 Å². The highest BCUT2D eigenvalue weighted by Crippen LogP contribution is 2.33. The minimum Gasteiger partial charge on any atom is -0.377 e. The highest BCUT2D eigenvalue weighted by molar-refractivity contribution is 4.87. The van der Waals surface area contributed by atoms with Gasteiger partial charge in [0.15, 0.2) is 0 Å². The molecule has 0 bridgehead atoms. The molecule has 5 unspecified atom stereocenters. The largest absolute Gasteiger partial charge is 0.377 e. The van der Waals surface area contributed by atoms with Crippen molar-refractivity contribution in [2.45, 2.75) is 58.1 Å². The Bertz CT molecular complexity index is 253. The van der Waals surface area contributed by atoms with Crippen LogP contribution in [0, 0.1) is 17.8 Å². The van der Waals surface area contributed by atoms with Crippen LogP contribution in [0.25, 0.3) is 0 Å². The van der Waals surface area contributed by atoms with Crippen molar-refractivity contribution in [1.29, 1.82) is 0 Å². The first-order chi connectivity index (χ1) is 9.06. The molecular weight excluding hydrogens is 236 g/mol. The van der Waals surface area contributed by atoms with Gasteiger partial charge in [0.1, 0.15) is 0 Å². The van der Waals surface area contributed by atoms with E-state index in [-0.39, 0.29) is 0 Å². The van der Waals surface area contributed by atoms with Crippen LogP contribution in [0.1, 0.15) is 46.0 Å². The van der Waals surface area contributed by atoms with Crippen molar-refractivity contribution in [1.82, 2.24) is 4.90 Å². The highest BCUT2D eigenvalue weighted by atomic mass is 16.5. The lowest BCUT2D eigenvalue weighted by atomic mass is 9.72. The summed E-state index contributed by atoms with van der Waals surface area (Å²) in [5, 5.41) is 0. The Labute approximate surface area is 118 Å². The quantitative estimate of drug-likeness (QED) is 0.851. The summed E-state index contributed by atoms with van der Waals surface area (Å²) in [4.78, 5) is 2.45. The summed E-state index contributed by atoms with van der Waals surface area (Å²) >= 11 is 0. The highest BCUT2D eigenvalue weighted by Gasteiger charge is 2.32. The van der Waals surface area contributed by atoms with Gasteiger partial charge in [0, 0.05) is 25.7 Å². The van der Waals surface area contributed by atoms with Crippen molar-refractivity contribution in [3.05, 3.63) is 0 Å². The molecule has 1 heterocycles. The number of hydrogen-bond acceptors (Lipinski definition) is 3. The molecule has 112 valence electrons. The van der Waals surface area contributed by atoms with Gasteiger partial charge in [-0.2, -0.15) is 0 Å². The molecule has 0 radical (unpaired) electrons. The van der Waals surface area contributed by atoms with E-state index >= 15 is 0 Å². The molecule has 1 aliphatic heterocycles. The van der Waals surface area contributed by atoms with Crippen LogP contribution in [0.4, 0.5) is 0 Å². The summed E-state index contributed by atoms with van der Waals surface area (Å²) in [6.45, 7) is 7.88. The number of hydrogen-bond donors (Lipinski definition) is 1. The zero-order valence-electron chi connectivity index (χ0n) is 13.0. The molecule has 0 aromatic rings. The van der Waals surface area contributed by atoms with E-state index < -0.39 is 0 Å². The van der Waals surface area contributed by atoms with Gasteiger partial charge < -0.3 is 15.4 Å². The standard InChI is InChI=1S/C16H32N2O/c1-12-8-13(2)15(16(17)9-12)11-18(3)10-14-6-4-5-7-19-14/h12-16H,4-11,17H2,1-3H3. The number of nitrogens with zero attached hydrogens (tertiary/aromatic N) is 1. The number of nitrogens with two attached hydrogens (primary N) is 1. The van der Waals surface area contributed by atoms with Gasteiger partial charge in [0.25, 0.3) is 0 Å². The van der Waals surface area contributed by atoms with Crippen molar-refractivity contribution >= 4 is 0 Å². The fourth-order valence-corrected chi connectivity index (χ4v) is 4.02. The van der Waals surface area contributed by atoms with Crippen LogP contribution in [-0.2, 0) is 4.74 Å². The Kier molecular flexibility index (Phi) is 5.67. The van der Waals surface area contributed by atoms with Gasteiger partial charge in [-0.3, -0.25) is 0 Å². The fourth-order valence-electron chi connectivity index (χ4n) is 4.02. The van der Waals surface area contributed by atoms with E-state index in [0.717, 1.165) is 31.5 Å². The van der Waals surface area contributed by atoms with Crippen LogP contribution in [0.3, 0.4) is 0 Å². The van der Waals surface area contributed by atoms with Crippen LogP contribution in [0.5, 0.6) is 0 Å². The summed E-state index contributed by atoms with van der Waals surface area (Å²) in [5.74, 6) is 2.21.